The van der Waals surface area contributed by atoms with Crippen molar-refractivity contribution in [2.75, 3.05) is 66.1 Å². The van der Waals surface area contributed by atoms with Gasteiger partial charge in [0, 0.05) is 5.41 Å². The van der Waals surface area contributed by atoms with Gasteiger partial charge in [-0.3, -0.25) is 0 Å². The molecule has 0 saturated carbocycles. The molecule has 2 unspecified atom stereocenters. The van der Waals surface area contributed by atoms with Crippen LogP contribution in [0.3, 0.4) is 0 Å². The molecule has 0 aromatic rings. The molecule has 2 N–H and O–H groups in total. The Bertz CT molecular complexity index is 241. The Morgan fingerprint density at radius 1 is 0.818 bits per heavy atom. The number of hydrogen-bond donors (Lipinski definition) is 2. The Balaban J connectivity index is 0.000000295. The summed E-state index contributed by atoms with van der Waals surface area (Å²) in [4.78, 5) is 0. The van der Waals surface area contributed by atoms with Gasteiger partial charge in [-0.25, -0.2) is 0 Å². The van der Waals surface area contributed by atoms with Crippen LogP contribution in [-0.2, 0) is 23.7 Å². The van der Waals surface area contributed by atoms with E-state index in [0.717, 1.165) is 13.2 Å². The van der Waals surface area contributed by atoms with E-state index in [2.05, 4.69) is 0 Å². The fourth-order valence-corrected chi connectivity index (χ4v) is 1.15. The van der Waals surface area contributed by atoms with E-state index in [4.69, 9.17) is 33.9 Å². The minimum Gasteiger partial charge on any atom is -0.396 e. The lowest BCUT2D eigenvalue weighted by atomic mass is 9.97. The number of aliphatic hydroxyl groups is 2. The average molecular weight is 322 g/mol. The van der Waals surface area contributed by atoms with Gasteiger partial charge in [0.05, 0.1) is 66.1 Å². The Kier molecular flexibility index (Phi) is 10.1. The highest BCUT2D eigenvalue weighted by molar-refractivity contribution is 4.67. The summed E-state index contributed by atoms with van der Waals surface area (Å²) in [6, 6.07) is 0. The zero-order chi connectivity index (χ0) is 16.3. The zero-order valence-electron chi connectivity index (χ0n) is 13.7. The first-order valence-corrected chi connectivity index (χ1v) is 7.75. The Labute approximate surface area is 132 Å². The molecule has 22 heavy (non-hydrogen) atoms. The molecule has 0 radical (unpaired) electrons. The molecule has 0 aromatic carbocycles. The van der Waals surface area contributed by atoms with Crippen LogP contribution in [-0.4, -0.2) is 88.5 Å². The van der Waals surface area contributed by atoms with E-state index in [9.17, 15) is 0 Å². The third-order valence-corrected chi connectivity index (χ3v) is 3.01. The van der Waals surface area contributed by atoms with Crippen LogP contribution in [0.4, 0.5) is 0 Å². The standard InChI is InChI=1S/C10H18O5.C5H12O2/c1(3-12-5-9-7-14-9)11-2-4-13-6-10-8-15-10;1-5(2,3-6)4-7/h9-10H,1-8H2;6-7H,3-4H2,1-2H3. The first-order chi connectivity index (χ1) is 10.6. The smallest absolute Gasteiger partial charge is 0.104 e. The van der Waals surface area contributed by atoms with Gasteiger partial charge in [0.25, 0.3) is 0 Å². The van der Waals surface area contributed by atoms with E-state index in [1.165, 1.54) is 0 Å². The number of aliphatic hydroxyl groups excluding tert-OH is 2. The molecule has 7 nitrogen and oxygen atoms in total. The monoisotopic (exact) mass is 322 g/mol. The summed E-state index contributed by atoms with van der Waals surface area (Å²) in [5, 5.41) is 16.9. The molecule has 2 atom stereocenters. The average Bonchev–Trinajstić information content (AvgIpc) is 3.40. The van der Waals surface area contributed by atoms with Gasteiger partial charge in [0.2, 0.25) is 0 Å². The number of epoxide rings is 2. The van der Waals surface area contributed by atoms with Crippen molar-refractivity contribution in [1.29, 1.82) is 0 Å². The molecule has 2 rings (SSSR count). The predicted molar refractivity (Wildman–Crippen MR) is 79.9 cm³/mol. The first kappa shape index (κ1) is 19.8. The molecule has 2 aliphatic rings. The molecule has 2 aliphatic heterocycles. The van der Waals surface area contributed by atoms with Crippen LogP contribution in [0.15, 0.2) is 0 Å². The molecule has 0 aromatic heterocycles. The van der Waals surface area contributed by atoms with Crippen molar-refractivity contribution in [2.45, 2.75) is 26.1 Å². The molecule has 2 heterocycles. The summed E-state index contributed by atoms with van der Waals surface area (Å²) in [5.41, 5.74) is -0.306. The maximum Gasteiger partial charge on any atom is 0.104 e. The van der Waals surface area contributed by atoms with E-state index in [0.29, 0.717) is 51.8 Å². The highest BCUT2D eigenvalue weighted by atomic mass is 16.6. The summed E-state index contributed by atoms with van der Waals surface area (Å²) in [6.45, 7) is 9.27. The summed E-state index contributed by atoms with van der Waals surface area (Å²) < 4.78 is 25.9. The Morgan fingerprint density at radius 2 is 1.18 bits per heavy atom. The molecule has 0 aliphatic carbocycles. The highest BCUT2D eigenvalue weighted by Gasteiger charge is 2.22. The molecule has 2 saturated heterocycles. The summed E-state index contributed by atoms with van der Waals surface area (Å²) >= 11 is 0. The van der Waals surface area contributed by atoms with E-state index >= 15 is 0 Å². The molecule has 0 bridgehead atoms. The summed E-state index contributed by atoms with van der Waals surface area (Å²) in [7, 11) is 0. The zero-order valence-corrected chi connectivity index (χ0v) is 13.7. The molecule has 0 amide bonds. The Hall–Kier alpha value is -0.280. The van der Waals surface area contributed by atoms with Gasteiger partial charge in [-0.1, -0.05) is 13.8 Å². The fraction of sp³-hybridized carbons (Fsp3) is 1.00. The number of ether oxygens (including phenoxy) is 5. The second kappa shape index (κ2) is 11.3. The molecule has 2 fully saturated rings. The van der Waals surface area contributed by atoms with Crippen molar-refractivity contribution in [1.82, 2.24) is 0 Å². The van der Waals surface area contributed by atoms with Crippen molar-refractivity contribution >= 4 is 0 Å². The lowest BCUT2D eigenvalue weighted by molar-refractivity contribution is 0.00937. The van der Waals surface area contributed by atoms with E-state index < -0.39 is 0 Å². The topological polar surface area (TPSA) is 93.2 Å². The highest BCUT2D eigenvalue weighted by Crippen LogP contribution is 2.10. The largest absolute Gasteiger partial charge is 0.396 e. The van der Waals surface area contributed by atoms with Gasteiger partial charge in [-0.2, -0.15) is 0 Å². The van der Waals surface area contributed by atoms with Crippen molar-refractivity contribution in [3.63, 3.8) is 0 Å². The van der Waals surface area contributed by atoms with Gasteiger partial charge in [0.15, 0.2) is 0 Å². The quantitative estimate of drug-likeness (QED) is 0.381. The SMILES string of the molecule is C(COCC1CO1)OCCOCC1CO1.CC(C)(CO)CO. The van der Waals surface area contributed by atoms with Crippen molar-refractivity contribution in [3.8, 4) is 0 Å². The van der Waals surface area contributed by atoms with Crippen molar-refractivity contribution in [3.05, 3.63) is 0 Å². The van der Waals surface area contributed by atoms with E-state index in [-0.39, 0.29) is 18.6 Å². The van der Waals surface area contributed by atoms with Gasteiger partial charge in [0.1, 0.15) is 12.2 Å². The van der Waals surface area contributed by atoms with Crippen LogP contribution >= 0.6 is 0 Å². The molecular formula is C15H30O7. The van der Waals surface area contributed by atoms with Crippen LogP contribution in [0.5, 0.6) is 0 Å². The van der Waals surface area contributed by atoms with E-state index in [1.807, 2.05) is 0 Å². The minimum absolute atomic E-state index is 0.0451. The van der Waals surface area contributed by atoms with Gasteiger partial charge >= 0.3 is 0 Å². The van der Waals surface area contributed by atoms with E-state index in [1.54, 1.807) is 13.8 Å². The fourth-order valence-electron chi connectivity index (χ4n) is 1.15. The molecular weight excluding hydrogens is 292 g/mol. The number of rotatable bonds is 12. The molecule has 132 valence electrons. The van der Waals surface area contributed by atoms with Crippen molar-refractivity contribution in [2.24, 2.45) is 5.41 Å². The van der Waals surface area contributed by atoms with Crippen LogP contribution in [0.1, 0.15) is 13.8 Å². The normalized spacial score (nSPS) is 22.9. The summed E-state index contributed by atoms with van der Waals surface area (Å²) in [5.74, 6) is 0. The van der Waals surface area contributed by atoms with Gasteiger partial charge < -0.3 is 33.9 Å². The summed E-state index contributed by atoms with van der Waals surface area (Å²) in [6.07, 6.45) is 0.679. The second-order valence-corrected chi connectivity index (χ2v) is 6.15. The lowest BCUT2D eigenvalue weighted by Gasteiger charge is -2.16. The van der Waals surface area contributed by atoms with Gasteiger partial charge in [-0.05, 0) is 0 Å². The predicted octanol–water partition coefficient (Wildman–Crippen LogP) is -0.169. The molecule has 7 heteroatoms. The minimum atomic E-state index is -0.306. The van der Waals surface area contributed by atoms with Crippen LogP contribution in [0, 0.1) is 5.41 Å². The maximum atomic E-state index is 8.43. The lowest BCUT2D eigenvalue weighted by Crippen LogP contribution is -2.20. The second-order valence-electron chi connectivity index (χ2n) is 6.15. The Morgan fingerprint density at radius 3 is 1.45 bits per heavy atom. The number of hydrogen-bond acceptors (Lipinski definition) is 7. The van der Waals surface area contributed by atoms with Crippen molar-refractivity contribution < 1.29 is 33.9 Å². The molecule has 0 spiro atoms. The van der Waals surface area contributed by atoms with Crippen LogP contribution < -0.4 is 0 Å². The van der Waals surface area contributed by atoms with Gasteiger partial charge in [-0.15, -0.1) is 0 Å². The first-order valence-electron chi connectivity index (χ1n) is 7.75. The third-order valence-electron chi connectivity index (χ3n) is 3.01. The third kappa shape index (κ3) is 12.3. The maximum absolute atomic E-state index is 8.43. The van der Waals surface area contributed by atoms with Crippen LogP contribution in [0.2, 0.25) is 0 Å². The van der Waals surface area contributed by atoms with Crippen LogP contribution in [0.25, 0.3) is 0 Å².